The van der Waals surface area contributed by atoms with Crippen LogP contribution in [0, 0.1) is 3.57 Å². The van der Waals surface area contributed by atoms with Gasteiger partial charge in [0, 0.05) is 33.2 Å². The van der Waals surface area contributed by atoms with Crippen LogP contribution in [0.15, 0.2) is 22.7 Å². The summed E-state index contributed by atoms with van der Waals surface area (Å²) >= 11 is 6.04. The molecule has 1 N–H and O–H groups in total. The first-order valence-electron chi connectivity index (χ1n) is 6.64. The van der Waals surface area contributed by atoms with E-state index in [4.69, 9.17) is 0 Å². The molecule has 0 atom stereocenters. The second-order valence-electron chi connectivity index (χ2n) is 5.43. The fourth-order valence-corrected chi connectivity index (χ4v) is 4.30. The summed E-state index contributed by atoms with van der Waals surface area (Å²) in [7, 11) is 0. The van der Waals surface area contributed by atoms with Crippen LogP contribution in [0.4, 0.5) is 5.69 Å². The maximum atomic E-state index is 3.77. The van der Waals surface area contributed by atoms with Crippen LogP contribution in [0.2, 0.25) is 0 Å². The molecule has 1 spiro atoms. The van der Waals surface area contributed by atoms with E-state index in [2.05, 4.69) is 66.9 Å². The second-order valence-corrected chi connectivity index (χ2v) is 7.51. The average Bonchev–Trinajstić information content (AvgIpc) is 2.80. The van der Waals surface area contributed by atoms with Crippen molar-refractivity contribution in [1.82, 2.24) is 5.32 Å². The van der Waals surface area contributed by atoms with E-state index in [-0.39, 0.29) is 0 Å². The Kier molecular flexibility index (Phi) is 3.87. The number of benzene rings is 1. The first kappa shape index (κ1) is 13.2. The van der Waals surface area contributed by atoms with Crippen LogP contribution in [0.3, 0.4) is 0 Å². The van der Waals surface area contributed by atoms with Gasteiger partial charge in [-0.2, -0.15) is 0 Å². The van der Waals surface area contributed by atoms with Gasteiger partial charge >= 0.3 is 0 Å². The van der Waals surface area contributed by atoms with Crippen LogP contribution in [0.1, 0.15) is 25.7 Å². The molecule has 1 saturated heterocycles. The van der Waals surface area contributed by atoms with Crippen LogP contribution in [0.25, 0.3) is 0 Å². The van der Waals surface area contributed by atoms with Crippen molar-refractivity contribution in [2.24, 2.45) is 0 Å². The molecule has 4 heteroatoms. The largest absolute Gasteiger partial charge is 0.368 e. The molecule has 2 aliphatic rings. The summed E-state index contributed by atoms with van der Waals surface area (Å²) in [6.07, 6.45) is 5.45. The van der Waals surface area contributed by atoms with Crippen molar-refractivity contribution in [1.29, 1.82) is 0 Å². The number of hydrogen-bond donors (Lipinski definition) is 1. The van der Waals surface area contributed by atoms with Crippen molar-refractivity contribution in [3.05, 3.63) is 26.2 Å². The Balaban J connectivity index is 1.85. The topological polar surface area (TPSA) is 15.3 Å². The van der Waals surface area contributed by atoms with Gasteiger partial charge in [-0.1, -0.05) is 28.8 Å². The fraction of sp³-hybridized carbons (Fsp3) is 0.571. The Bertz CT molecular complexity index is 443. The van der Waals surface area contributed by atoms with E-state index in [0.29, 0.717) is 5.54 Å². The van der Waals surface area contributed by atoms with E-state index in [1.165, 1.54) is 46.0 Å². The highest BCUT2D eigenvalue weighted by Gasteiger charge is 2.37. The number of nitrogens with zero attached hydrogens (tertiary/aromatic N) is 1. The minimum Gasteiger partial charge on any atom is -0.368 e. The third kappa shape index (κ3) is 2.56. The zero-order valence-electron chi connectivity index (χ0n) is 10.4. The lowest BCUT2D eigenvalue weighted by Crippen LogP contribution is -2.59. The van der Waals surface area contributed by atoms with Crippen LogP contribution in [0.5, 0.6) is 0 Å². The smallest absolute Gasteiger partial charge is 0.0514 e. The van der Waals surface area contributed by atoms with Crippen LogP contribution < -0.4 is 10.2 Å². The monoisotopic (exact) mass is 420 g/mol. The van der Waals surface area contributed by atoms with Gasteiger partial charge in [0.2, 0.25) is 0 Å². The third-order valence-corrected chi connectivity index (χ3v) is 5.59. The summed E-state index contributed by atoms with van der Waals surface area (Å²) in [5, 5.41) is 3.77. The lowest BCUT2D eigenvalue weighted by atomic mass is 9.94. The highest BCUT2D eigenvalue weighted by Crippen LogP contribution is 2.35. The molecule has 0 radical (unpaired) electrons. The summed E-state index contributed by atoms with van der Waals surface area (Å²) < 4.78 is 2.53. The summed E-state index contributed by atoms with van der Waals surface area (Å²) in [5.41, 5.74) is 1.78. The highest BCUT2D eigenvalue weighted by molar-refractivity contribution is 14.1. The van der Waals surface area contributed by atoms with E-state index in [9.17, 15) is 0 Å². The number of rotatable bonds is 1. The third-order valence-electron chi connectivity index (χ3n) is 4.18. The molecule has 0 aromatic heterocycles. The SMILES string of the molecule is Brc1ccc(I)c(N2CCNC3(CCCC3)C2)c1. The van der Waals surface area contributed by atoms with Gasteiger partial charge in [-0.05, 0) is 53.6 Å². The molecule has 0 amide bonds. The molecule has 1 heterocycles. The zero-order valence-corrected chi connectivity index (χ0v) is 14.1. The maximum absolute atomic E-state index is 3.77. The Morgan fingerprint density at radius 1 is 1.28 bits per heavy atom. The second kappa shape index (κ2) is 5.29. The minimum absolute atomic E-state index is 0.393. The molecular formula is C14H18BrIN2. The normalized spacial score (nSPS) is 22.7. The number of halogens is 2. The molecule has 2 fully saturated rings. The van der Waals surface area contributed by atoms with Crippen molar-refractivity contribution in [2.75, 3.05) is 24.5 Å². The van der Waals surface area contributed by atoms with E-state index in [1.54, 1.807) is 0 Å². The minimum atomic E-state index is 0.393. The molecule has 3 rings (SSSR count). The molecule has 1 aromatic carbocycles. The number of hydrogen-bond acceptors (Lipinski definition) is 2. The summed E-state index contributed by atoms with van der Waals surface area (Å²) in [4.78, 5) is 2.56. The van der Waals surface area contributed by atoms with Crippen molar-refractivity contribution >= 4 is 44.2 Å². The van der Waals surface area contributed by atoms with Crippen LogP contribution in [-0.4, -0.2) is 25.2 Å². The molecule has 1 aromatic rings. The predicted octanol–water partition coefficient (Wildman–Crippen LogP) is 3.78. The molecule has 98 valence electrons. The number of piperazine rings is 1. The van der Waals surface area contributed by atoms with Gasteiger partial charge in [-0.15, -0.1) is 0 Å². The lowest BCUT2D eigenvalue weighted by molar-refractivity contribution is 0.304. The molecule has 18 heavy (non-hydrogen) atoms. The fourth-order valence-electron chi connectivity index (χ4n) is 3.28. The Morgan fingerprint density at radius 3 is 2.83 bits per heavy atom. The molecular weight excluding hydrogens is 403 g/mol. The van der Waals surface area contributed by atoms with Gasteiger partial charge in [-0.25, -0.2) is 0 Å². The van der Waals surface area contributed by atoms with Gasteiger partial charge in [0.1, 0.15) is 0 Å². The van der Waals surface area contributed by atoms with Crippen molar-refractivity contribution < 1.29 is 0 Å². The van der Waals surface area contributed by atoms with Gasteiger partial charge < -0.3 is 10.2 Å². The molecule has 2 nitrogen and oxygen atoms in total. The zero-order chi connectivity index (χ0) is 12.6. The van der Waals surface area contributed by atoms with Crippen molar-refractivity contribution in [2.45, 2.75) is 31.2 Å². The molecule has 1 saturated carbocycles. The van der Waals surface area contributed by atoms with Crippen LogP contribution in [-0.2, 0) is 0 Å². The molecule has 1 aliphatic heterocycles. The molecule has 0 unspecified atom stereocenters. The molecule has 0 bridgehead atoms. The first-order valence-corrected chi connectivity index (χ1v) is 8.51. The van der Waals surface area contributed by atoms with Gasteiger partial charge in [0.25, 0.3) is 0 Å². The Morgan fingerprint density at radius 2 is 2.06 bits per heavy atom. The number of anilines is 1. The quantitative estimate of drug-likeness (QED) is 0.695. The van der Waals surface area contributed by atoms with Crippen molar-refractivity contribution in [3.63, 3.8) is 0 Å². The van der Waals surface area contributed by atoms with Crippen LogP contribution >= 0.6 is 38.5 Å². The van der Waals surface area contributed by atoms with E-state index in [0.717, 1.165) is 13.1 Å². The summed E-state index contributed by atoms with van der Waals surface area (Å²) in [5.74, 6) is 0. The van der Waals surface area contributed by atoms with E-state index >= 15 is 0 Å². The Labute approximate surface area is 131 Å². The number of nitrogens with one attached hydrogen (secondary N) is 1. The summed E-state index contributed by atoms with van der Waals surface area (Å²) in [6.45, 7) is 3.40. The lowest BCUT2D eigenvalue weighted by Gasteiger charge is -2.43. The standard InChI is InChI=1S/C14H18BrIN2/c15-11-3-4-12(16)13(9-11)18-8-7-17-14(10-18)5-1-2-6-14/h3-4,9,17H,1-2,5-8,10H2. The van der Waals surface area contributed by atoms with Gasteiger partial charge in [-0.3, -0.25) is 0 Å². The summed E-state index contributed by atoms with van der Waals surface area (Å²) in [6, 6.07) is 6.58. The predicted molar refractivity (Wildman–Crippen MR) is 88.3 cm³/mol. The van der Waals surface area contributed by atoms with E-state index in [1.807, 2.05) is 0 Å². The van der Waals surface area contributed by atoms with Gasteiger partial charge in [0.15, 0.2) is 0 Å². The first-order chi connectivity index (χ1) is 8.69. The highest BCUT2D eigenvalue weighted by atomic mass is 127. The van der Waals surface area contributed by atoms with Gasteiger partial charge in [0.05, 0.1) is 5.69 Å². The maximum Gasteiger partial charge on any atom is 0.0514 e. The van der Waals surface area contributed by atoms with E-state index < -0.39 is 0 Å². The molecule has 1 aliphatic carbocycles. The Hall–Kier alpha value is 0.190. The van der Waals surface area contributed by atoms with Crippen molar-refractivity contribution in [3.8, 4) is 0 Å². The average molecular weight is 421 g/mol.